The molecule has 12 heteroatoms. The van der Waals surface area contributed by atoms with Crippen molar-refractivity contribution < 1.29 is 23.6 Å². The van der Waals surface area contributed by atoms with E-state index < -0.39 is 10.5 Å². The molecule has 11 nitrogen and oxygen atoms in total. The Morgan fingerprint density at radius 3 is 2.58 bits per heavy atom. The van der Waals surface area contributed by atoms with E-state index in [1.807, 2.05) is 0 Å². The zero-order valence-electron chi connectivity index (χ0n) is 24.1. The smallest absolute Gasteiger partial charge is 0.315 e. The second-order valence-electron chi connectivity index (χ2n) is 9.73. The van der Waals surface area contributed by atoms with Gasteiger partial charge >= 0.3 is 5.69 Å². The Labute approximate surface area is 261 Å². The summed E-state index contributed by atoms with van der Waals surface area (Å²) in [5, 5.41) is 18.1. The molecule has 6 rings (SSSR count). The summed E-state index contributed by atoms with van der Waals surface area (Å²) in [7, 11) is 1.55. The molecule has 0 aliphatic heterocycles. The highest BCUT2D eigenvalue weighted by molar-refractivity contribution is 6.31. The van der Waals surface area contributed by atoms with Gasteiger partial charge < -0.3 is 18.6 Å². The summed E-state index contributed by atoms with van der Waals surface area (Å²) in [6.07, 6.45) is 1.32. The molecule has 0 atom stereocenters. The summed E-state index contributed by atoms with van der Waals surface area (Å²) in [6.45, 7) is 1.95. The van der Waals surface area contributed by atoms with E-state index in [-0.39, 0.29) is 47.5 Å². The lowest BCUT2D eigenvalue weighted by atomic mass is 10.1. The van der Waals surface area contributed by atoms with Gasteiger partial charge in [0.25, 0.3) is 5.56 Å². The average Bonchev–Trinajstić information content (AvgIpc) is 3.49. The molecule has 2 heterocycles. The number of aromatic nitrogens is 2. The van der Waals surface area contributed by atoms with Crippen molar-refractivity contribution in [3.05, 3.63) is 122 Å². The van der Waals surface area contributed by atoms with Gasteiger partial charge in [-0.2, -0.15) is 9.78 Å². The van der Waals surface area contributed by atoms with Gasteiger partial charge in [0.1, 0.15) is 17.9 Å². The largest absolute Gasteiger partial charge is 0.496 e. The van der Waals surface area contributed by atoms with Crippen LogP contribution in [0.1, 0.15) is 18.1 Å². The molecule has 6 aromatic rings. The van der Waals surface area contributed by atoms with Crippen LogP contribution in [-0.4, -0.2) is 34.5 Å². The van der Waals surface area contributed by atoms with Crippen LogP contribution in [0.4, 0.5) is 5.69 Å². The summed E-state index contributed by atoms with van der Waals surface area (Å²) >= 11 is 6.25. The topological polar surface area (TPSA) is 131 Å². The number of ether oxygens (including phenoxy) is 3. The van der Waals surface area contributed by atoms with Gasteiger partial charge in [0, 0.05) is 22.2 Å². The van der Waals surface area contributed by atoms with E-state index in [0.717, 1.165) is 4.68 Å². The minimum atomic E-state index is -0.571. The number of nitrogens with zero attached hydrogens (tertiary/aromatic N) is 4. The van der Waals surface area contributed by atoms with Crippen molar-refractivity contribution in [1.29, 1.82) is 0 Å². The molecule has 0 fully saturated rings. The third-order valence-corrected chi connectivity index (χ3v) is 7.29. The fraction of sp³-hybridized carbons (Fsp3) is 0.121. The predicted octanol–water partition coefficient (Wildman–Crippen LogP) is 7.24. The van der Waals surface area contributed by atoms with Crippen LogP contribution in [0.5, 0.6) is 17.2 Å². The molecule has 0 N–H and O–H groups in total. The fourth-order valence-corrected chi connectivity index (χ4v) is 5.02. The molecule has 0 saturated heterocycles. The zero-order chi connectivity index (χ0) is 31.5. The molecule has 0 amide bonds. The first-order valence-electron chi connectivity index (χ1n) is 13.8. The first-order valence-corrected chi connectivity index (χ1v) is 14.2. The molecule has 45 heavy (non-hydrogen) atoms. The van der Waals surface area contributed by atoms with Crippen molar-refractivity contribution in [3.8, 4) is 28.8 Å². The van der Waals surface area contributed by atoms with Crippen molar-refractivity contribution in [2.45, 2.75) is 13.5 Å². The standard InChI is InChI=1S/C33H25ClN4O7/c1-3-43-29-16-20(15-26(38(40)41)31(29)44-19-21-9-4-6-11-24(21)34)18-35-37-32(36-25-12-7-5-10-22(25)33(37)39)30-17-23-27(42-2)13-8-14-28(23)45-30/h4-18H,3,19H2,1-2H3. The molecule has 0 bridgehead atoms. The van der Waals surface area contributed by atoms with E-state index in [2.05, 4.69) is 10.1 Å². The van der Waals surface area contributed by atoms with Gasteiger partial charge in [-0.1, -0.05) is 48.0 Å². The molecule has 0 radical (unpaired) electrons. The molecule has 0 aliphatic carbocycles. The molecule has 0 unspecified atom stereocenters. The highest BCUT2D eigenvalue weighted by Gasteiger charge is 2.23. The summed E-state index contributed by atoms with van der Waals surface area (Å²) in [5.74, 6) is 1.08. The molecular formula is C33H25ClN4O7. The normalized spacial score (nSPS) is 11.4. The number of hydrogen-bond acceptors (Lipinski definition) is 9. The Morgan fingerprint density at radius 1 is 1.00 bits per heavy atom. The van der Waals surface area contributed by atoms with Crippen molar-refractivity contribution in [2.75, 3.05) is 13.7 Å². The van der Waals surface area contributed by atoms with Gasteiger partial charge in [-0.05, 0) is 49.4 Å². The van der Waals surface area contributed by atoms with E-state index in [4.69, 9.17) is 30.2 Å². The third kappa shape index (κ3) is 5.80. The first-order chi connectivity index (χ1) is 21.9. The maximum atomic E-state index is 13.7. The first kappa shape index (κ1) is 29.4. The lowest BCUT2D eigenvalue weighted by molar-refractivity contribution is -0.386. The number of fused-ring (bicyclic) bond motifs is 2. The second kappa shape index (κ2) is 12.5. The average molecular weight is 625 g/mol. The fourth-order valence-electron chi connectivity index (χ4n) is 4.83. The zero-order valence-corrected chi connectivity index (χ0v) is 24.9. The monoisotopic (exact) mass is 624 g/mol. The summed E-state index contributed by atoms with van der Waals surface area (Å²) < 4.78 is 24.2. The van der Waals surface area contributed by atoms with Gasteiger partial charge in [0.15, 0.2) is 11.5 Å². The number of hydrogen-bond donors (Lipinski definition) is 0. The molecule has 0 saturated carbocycles. The van der Waals surface area contributed by atoms with Gasteiger partial charge in [-0.15, -0.1) is 0 Å². The number of furan rings is 1. The SMILES string of the molecule is CCOc1cc(C=Nn2c(-c3cc4c(OC)cccc4o3)nc3ccccc3c2=O)cc([N+](=O)[O-])c1OCc1ccccc1Cl. The van der Waals surface area contributed by atoms with Crippen molar-refractivity contribution in [2.24, 2.45) is 5.10 Å². The number of rotatable bonds is 10. The van der Waals surface area contributed by atoms with Crippen LogP contribution in [0.3, 0.4) is 0 Å². The molecule has 0 aliphatic rings. The van der Waals surface area contributed by atoms with Crippen molar-refractivity contribution in [1.82, 2.24) is 9.66 Å². The summed E-state index contributed by atoms with van der Waals surface area (Å²) in [4.78, 5) is 30.0. The highest BCUT2D eigenvalue weighted by atomic mass is 35.5. The minimum absolute atomic E-state index is 0.0160. The quantitative estimate of drug-likeness (QED) is 0.0885. The second-order valence-corrected chi connectivity index (χ2v) is 10.1. The minimum Gasteiger partial charge on any atom is -0.496 e. The van der Waals surface area contributed by atoms with E-state index in [0.29, 0.717) is 38.2 Å². The van der Waals surface area contributed by atoms with Gasteiger partial charge in [0.2, 0.25) is 11.6 Å². The van der Waals surface area contributed by atoms with Crippen molar-refractivity contribution in [3.63, 3.8) is 0 Å². The Morgan fingerprint density at radius 2 is 1.80 bits per heavy atom. The molecule has 0 spiro atoms. The highest BCUT2D eigenvalue weighted by Crippen LogP contribution is 2.39. The molecular weight excluding hydrogens is 600 g/mol. The Bertz CT molecular complexity index is 2160. The van der Waals surface area contributed by atoms with Gasteiger partial charge in [-0.25, -0.2) is 4.98 Å². The van der Waals surface area contributed by atoms with E-state index in [1.54, 1.807) is 92.9 Å². The summed E-state index contributed by atoms with van der Waals surface area (Å²) in [5.41, 5.74) is 1.12. The molecule has 4 aromatic carbocycles. The Balaban J connectivity index is 1.46. The van der Waals surface area contributed by atoms with Gasteiger partial charge in [-0.3, -0.25) is 14.9 Å². The number of para-hydroxylation sites is 1. The van der Waals surface area contributed by atoms with Crippen LogP contribution >= 0.6 is 11.6 Å². The predicted molar refractivity (Wildman–Crippen MR) is 171 cm³/mol. The maximum Gasteiger partial charge on any atom is 0.315 e. The van der Waals surface area contributed by atoms with Crippen LogP contribution in [0.2, 0.25) is 5.02 Å². The third-order valence-electron chi connectivity index (χ3n) is 6.92. The molecule has 2 aromatic heterocycles. The number of methoxy groups -OCH3 is 1. The maximum absolute atomic E-state index is 13.7. The summed E-state index contributed by atoms with van der Waals surface area (Å²) in [6, 6.07) is 23.8. The Hall–Kier alpha value is -5.68. The van der Waals surface area contributed by atoms with Crippen molar-refractivity contribution >= 4 is 45.4 Å². The number of nitro groups is 1. The number of nitro benzene ring substituents is 1. The van der Waals surface area contributed by atoms with Crippen LogP contribution in [0, 0.1) is 10.1 Å². The lowest BCUT2D eigenvalue weighted by Gasteiger charge is -2.14. The van der Waals surface area contributed by atoms with Crippen LogP contribution < -0.4 is 19.8 Å². The number of benzene rings is 4. The number of halogens is 1. The van der Waals surface area contributed by atoms with E-state index in [1.165, 1.54) is 12.3 Å². The van der Waals surface area contributed by atoms with Gasteiger partial charge in [0.05, 0.1) is 41.1 Å². The lowest BCUT2D eigenvalue weighted by Crippen LogP contribution is -2.20. The van der Waals surface area contributed by atoms with E-state index >= 15 is 0 Å². The molecule has 226 valence electrons. The van der Waals surface area contributed by atoms with E-state index in [9.17, 15) is 14.9 Å². The Kier molecular flexibility index (Phi) is 8.17. The van der Waals surface area contributed by atoms with Crippen LogP contribution in [0.15, 0.2) is 99.2 Å². The van der Waals surface area contributed by atoms with Crippen LogP contribution in [0.25, 0.3) is 33.5 Å². The van der Waals surface area contributed by atoms with Crippen LogP contribution in [-0.2, 0) is 6.61 Å².